The fourth-order valence-corrected chi connectivity index (χ4v) is 7.52. The molecule has 1 amide bonds. The van der Waals surface area contributed by atoms with Crippen LogP contribution < -0.4 is 5.32 Å². The lowest BCUT2D eigenvalue weighted by Gasteiger charge is -2.27. The van der Waals surface area contributed by atoms with Gasteiger partial charge in [-0.2, -0.15) is 0 Å². The summed E-state index contributed by atoms with van der Waals surface area (Å²) >= 11 is 0. The summed E-state index contributed by atoms with van der Waals surface area (Å²) in [5.41, 5.74) is 0. The summed E-state index contributed by atoms with van der Waals surface area (Å²) in [6.07, 6.45) is 50.9. The lowest BCUT2D eigenvalue weighted by Crippen LogP contribution is -2.53. The van der Waals surface area contributed by atoms with Gasteiger partial charge in [0.1, 0.15) is 12.2 Å². The molecule has 55 heavy (non-hydrogen) atoms. The molecule has 6 nitrogen and oxygen atoms in total. The molecule has 5 N–H and O–H groups in total. The molecule has 0 rings (SSSR count). The first-order valence-electron chi connectivity index (χ1n) is 24.2. The largest absolute Gasteiger partial charge is 0.394 e. The van der Waals surface area contributed by atoms with Crippen LogP contribution in [0.3, 0.4) is 0 Å². The van der Waals surface area contributed by atoms with Gasteiger partial charge in [-0.1, -0.05) is 212 Å². The number of aliphatic hydroxyl groups is 4. The van der Waals surface area contributed by atoms with Gasteiger partial charge in [-0.05, 0) is 64.2 Å². The normalized spacial score (nSPS) is 14.2. The minimum atomic E-state index is -1.28. The van der Waals surface area contributed by atoms with Crippen LogP contribution in [0.1, 0.15) is 251 Å². The molecule has 0 saturated heterocycles. The zero-order valence-electron chi connectivity index (χ0n) is 36.7. The molecule has 0 aliphatic carbocycles. The zero-order valence-corrected chi connectivity index (χ0v) is 36.7. The molecule has 0 aromatic heterocycles. The molecular weight excluding hydrogens is 683 g/mol. The van der Waals surface area contributed by atoms with Gasteiger partial charge >= 0.3 is 0 Å². The summed E-state index contributed by atoms with van der Waals surface area (Å²) in [7, 11) is 0. The summed E-state index contributed by atoms with van der Waals surface area (Å²) < 4.78 is 0. The maximum Gasteiger partial charge on any atom is 0.249 e. The van der Waals surface area contributed by atoms with E-state index in [-0.39, 0.29) is 0 Å². The molecule has 6 heteroatoms. The van der Waals surface area contributed by atoms with Crippen LogP contribution in [0.4, 0.5) is 0 Å². The van der Waals surface area contributed by atoms with Crippen molar-refractivity contribution in [2.24, 2.45) is 0 Å². The lowest BCUT2D eigenvalue weighted by molar-refractivity contribution is -0.132. The van der Waals surface area contributed by atoms with E-state index in [9.17, 15) is 25.2 Å². The predicted octanol–water partition coefficient (Wildman–Crippen LogP) is 13.1. The molecular formula is C49H95NO5. The highest BCUT2D eigenvalue weighted by Gasteiger charge is 2.28. The van der Waals surface area contributed by atoms with Crippen molar-refractivity contribution in [1.82, 2.24) is 5.32 Å². The molecule has 0 aliphatic rings. The number of aliphatic hydroxyl groups excluding tert-OH is 4. The highest BCUT2D eigenvalue weighted by atomic mass is 16.3. The molecule has 4 unspecified atom stereocenters. The van der Waals surface area contributed by atoms with Crippen LogP contribution >= 0.6 is 0 Å². The average molecular weight is 778 g/mol. The quantitative estimate of drug-likeness (QED) is 0.0313. The second-order valence-corrected chi connectivity index (χ2v) is 16.8. The summed E-state index contributed by atoms with van der Waals surface area (Å²) in [5, 5.41) is 43.6. The summed E-state index contributed by atoms with van der Waals surface area (Å²) in [6.45, 7) is 4.03. The van der Waals surface area contributed by atoms with E-state index in [1.165, 1.54) is 186 Å². The zero-order chi connectivity index (χ0) is 40.3. The third kappa shape index (κ3) is 38.1. The van der Waals surface area contributed by atoms with Gasteiger partial charge in [0.2, 0.25) is 5.91 Å². The number of hydrogen-bond acceptors (Lipinski definition) is 5. The summed E-state index contributed by atoms with van der Waals surface area (Å²) in [6, 6.07) is -0.999. The van der Waals surface area contributed by atoms with Gasteiger partial charge < -0.3 is 25.7 Å². The Kier molecular flexibility index (Phi) is 42.9. The number of carbonyl (C=O) groups is 1. The highest BCUT2D eigenvalue weighted by Crippen LogP contribution is 2.16. The molecule has 0 aromatic rings. The molecule has 0 spiro atoms. The Bertz CT molecular complexity index is 832. The van der Waals surface area contributed by atoms with Gasteiger partial charge in [0.25, 0.3) is 0 Å². The maximum atomic E-state index is 12.5. The Balaban J connectivity index is 3.64. The van der Waals surface area contributed by atoms with E-state index in [1.807, 2.05) is 0 Å². The number of amides is 1. The number of allylic oxidation sites excluding steroid dienone is 4. The topological polar surface area (TPSA) is 110 Å². The average Bonchev–Trinajstić information content (AvgIpc) is 3.19. The summed E-state index contributed by atoms with van der Waals surface area (Å²) in [4.78, 5) is 12.5. The first kappa shape index (κ1) is 53.8. The number of hydrogen-bond donors (Lipinski definition) is 5. The summed E-state index contributed by atoms with van der Waals surface area (Å²) in [5.74, 6) is -0.593. The monoisotopic (exact) mass is 778 g/mol. The molecule has 0 heterocycles. The number of unbranched alkanes of at least 4 members (excludes halogenated alkanes) is 31. The lowest BCUT2D eigenvalue weighted by atomic mass is 10.00. The van der Waals surface area contributed by atoms with Crippen molar-refractivity contribution in [3.8, 4) is 0 Å². The molecule has 0 fully saturated rings. The number of nitrogens with one attached hydrogen (secondary N) is 1. The van der Waals surface area contributed by atoms with Crippen LogP contribution in [0, 0.1) is 0 Å². The fourth-order valence-electron chi connectivity index (χ4n) is 7.52. The Morgan fingerprint density at radius 2 is 0.745 bits per heavy atom. The van der Waals surface area contributed by atoms with Gasteiger partial charge in [0, 0.05) is 0 Å². The van der Waals surface area contributed by atoms with Crippen LogP contribution in [0.5, 0.6) is 0 Å². The van der Waals surface area contributed by atoms with Gasteiger partial charge in [-0.15, -0.1) is 0 Å². The molecule has 0 aliphatic heterocycles. The first-order chi connectivity index (χ1) is 27.0. The highest BCUT2D eigenvalue weighted by molar-refractivity contribution is 5.80. The third-order valence-corrected chi connectivity index (χ3v) is 11.4. The van der Waals surface area contributed by atoms with Crippen LogP contribution in [0.25, 0.3) is 0 Å². The standard InChI is InChI=1S/C49H95NO5/c1-3-5-7-9-11-13-15-17-18-19-20-21-22-23-24-25-26-27-28-29-30-31-33-35-37-39-41-43-47(53)49(55)50-45(44-51)48(54)46(52)42-40-38-36-34-32-16-14-12-10-8-6-4-2/h23-24,34,36,45-48,51-54H,3-22,25-33,35,37-44H2,1-2H3,(H,50,55)/b24-23-,36-34+. The van der Waals surface area contributed by atoms with Crippen LogP contribution in [0.2, 0.25) is 0 Å². The van der Waals surface area contributed by atoms with Gasteiger partial charge in [-0.3, -0.25) is 4.79 Å². The van der Waals surface area contributed by atoms with Gasteiger partial charge in [0.05, 0.1) is 18.8 Å². The van der Waals surface area contributed by atoms with Crippen molar-refractivity contribution in [2.75, 3.05) is 6.61 Å². The van der Waals surface area contributed by atoms with Crippen LogP contribution in [-0.4, -0.2) is 57.3 Å². The SMILES string of the molecule is CCCCCCCCC/C=C/CCCC(O)C(O)C(CO)NC(=O)C(O)CCCCCCCCCCCCC/C=C\CCCCCCCCCCCCCC. The number of carbonyl (C=O) groups excluding carboxylic acids is 1. The first-order valence-corrected chi connectivity index (χ1v) is 24.2. The Morgan fingerprint density at radius 1 is 0.436 bits per heavy atom. The number of rotatable bonds is 44. The van der Waals surface area contributed by atoms with Crippen molar-refractivity contribution >= 4 is 5.91 Å². The molecule has 0 radical (unpaired) electrons. The van der Waals surface area contributed by atoms with Crippen LogP contribution in [-0.2, 0) is 4.79 Å². The van der Waals surface area contributed by atoms with E-state index in [4.69, 9.17) is 0 Å². The molecule has 326 valence electrons. The van der Waals surface area contributed by atoms with Crippen molar-refractivity contribution < 1.29 is 25.2 Å². The van der Waals surface area contributed by atoms with Crippen LogP contribution in [0.15, 0.2) is 24.3 Å². The molecule has 4 atom stereocenters. The van der Waals surface area contributed by atoms with E-state index >= 15 is 0 Å². The Labute approximate surface area is 342 Å². The third-order valence-electron chi connectivity index (χ3n) is 11.4. The minimum absolute atomic E-state index is 0.364. The van der Waals surface area contributed by atoms with E-state index in [0.717, 1.165) is 38.5 Å². The molecule has 0 bridgehead atoms. The molecule has 0 saturated carbocycles. The van der Waals surface area contributed by atoms with E-state index in [0.29, 0.717) is 12.8 Å². The van der Waals surface area contributed by atoms with Gasteiger partial charge in [-0.25, -0.2) is 0 Å². The van der Waals surface area contributed by atoms with E-state index in [2.05, 4.69) is 43.5 Å². The van der Waals surface area contributed by atoms with E-state index < -0.39 is 36.9 Å². The Hall–Kier alpha value is -1.21. The Morgan fingerprint density at radius 3 is 1.09 bits per heavy atom. The minimum Gasteiger partial charge on any atom is -0.394 e. The second kappa shape index (κ2) is 43.9. The maximum absolute atomic E-state index is 12.5. The van der Waals surface area contributed by atoms with Crippen molar-refractivity contribution in [1.29, 1.82) is 0 Å². The second-order valence-electron chi connectivity index (χ2n) is 16.8. The van der Waals surface area contributed by atoms with Gasteiger partial charge in [0.15, 0.2) is 0 Å². The van der Waals surface area contributed by atoms with Crippen molar-refractivity contribution in [3.63, 3.8) is 0 Å². The van der Waals surface area contributed by atoms with Crippen molar-refractivity contribution in [2.45, 2.75) is 276 Å². The van der Waals surface area contributed by atoms with E-state index in [1.54, 1.807) is 0 Å². The van der Waals surface area contributed by atoms with Crippen molar-refractivity contribution in [3.05, 3.63) is 24.3 Å². The fraction of sp³-hybridized carbons (Fsp3) is 0.898. The predicted molar refractivity (Wildman–Crippen MR) is 237 cm³/mol. The smallest absolute Gasteiger partial charge is 0.249 e. The molecule has 0 aromatic carbocycles.